The lowest BCUT2D eigenvalue weighted by Crippen LogP contribution is -2.68. The highest BCUT2D eigenvalue weighted by atomic mass is 16.8. The van der Waals surface area contributed by atoms with Crippen LogP contribution in [0.25, 0.3) is 0 Å². The zero-order valence-corrected chi connectivity index (χ0v) is 34.3. The van der Waals surface area contributed by atoms with Gasteiger partial charge < -0.3 is 64.9 Å². The van der Waals surface area contributed by atoms with Crippen LogP contribution in [0, 0.1) is 50.2 Å². The molecule has 9 N–H and O–H groups in total. The molecule has 2 heterocycles. The van der Waals surface area contributed by atoms with Gasteiger partial charge in [-0.15, -0.1) is 0 Å². The Labute approximate surface area is 338 Å². The van der Waals surface area contributed by atoms with Crippen LogP contribution in [0.3, 0.4) is 0 Å². The van der Waals surface area contributed by atoms with Gasteiger partial charge in [-0.25, -0.2) is 9.59 Å². The van der Waals surface area contributed by atoms with E-state index in [1.807, 2.05) is 13.8 Å². The fraction of sp³-hybridized carbons (Fsp3) is 0.881. The summed E-state index contributed by atoms with van der Waals surface area (Å²) in [5.41, 5.74) is -0.824. The molecule has 328 valence electrons. The standard InChI is InChI=1S/C42H64O16/c1-37-13-14-38(2,36(53)54)17-20(37)19-7-8-22-39(3)11-10-23(40(4,18-43)21(39)9-12-42(22,6)41(19,5)16-15-37)55-35-31(27(47)26(46)30(57-35)33(51)52)58-34-28(48)24(44)25(45)29(56-34)32(49)50/h7,20-31,34-35,43-48H,8-18H2,1-6H3,(H,49,50)(H,51,52)(H,53,54)/t20-,21+,22+,23-,24-,25-,26-,27-,28+,29-,30-,31+,34-,35+,37+,38-,39-,40+,41+,42+/m0/s1. The third-order valence-electron chi connectivity index (χ3n) is 17.6. The van der Waals surface area contributed by atoms with E-state index < -0.39 is 96.3 Å². The molecule has 2 saturated heterocycles. The number of fused-ring (bicyclic) bond motifs is 7. The summed E-state index contributed by atoms with van der Waals surface area (Å²) in [6, 6.07) is 0. The summed E-state index contributed by atoms with van der Waals surface area (Å²) in [4.78, 5) is 36.5. The summed E-state index contributed by atoms with van der Waals surface area (Å²) in [5.74, 6) is -3.72. The van der Waals surface area contributed by atoms with Crippen LogP contribution in [0.2, 0.25) is 0 Å². The van der Waals surface area contributed by atoms with Crippen molar-refractivity contribution in [2.75, 3.05) is 6.61 Å². The van der Waals surface area contributed by atoms with Crippen molar-refractivity contribution < 1.29 is 79.3 Å². The van der Waals surface area contributed by atoms with E-state index in [4.69, 9.17) is 18.9 Å². The molecule has 0 aromatic carbocycles. The van der Waals surface area contributed by atoms with Crippen LogP contribution in [0.5, 0.6) is 0 Å². The van der Waals surface area contributed by atoms with Crippen LogP contribution in [-0.4, -0.2) is 138 Å². The van der Waals surface area contributed by atoms with Crippen LogP contribution in [0.15, 0.2) is 11.6 Å². The molecular formula is C42H64O16. The van der Waals surface area contributed by atoms with Crippen molar-refractivity contribution in [1.82, 2.24) is 0 Å². The molecule has 0 spiro atoms. The molecule has 6 fully saturated rings. The van der Waals surface area contributed by atoms with Crippen LogP contribution in [0.4, 0.5) is 0 Å². The van der Waals surface area contributed by atoms with E-state index in [0.717, 1.165) is 38.5 Å². The number of aliphatic hydroxyl groups is 6. The minimum atomic E-state index is -2.06. The van der Waals surface area contributed by atoms with Gasteiger partial charge in [0.15, 0.2) is 24.8 Å². The van der Waals surface area contributed by atoms with E-state index in [9.17, 15) is 60.3 Å². The van der Waals surface area contributed by atoms with Gasteiger partial charge in [-0.3, -0.25) is 4.79 Å². The van der Waals surface area contributed by atoms with E-state index >= 15 is 0 Å². The monoisotopic (exact) mass is 824 g/mol. The van der Waals surface area contributed by atoms with Crippen molar-refractivity contribution in [1.29, 1.82) is 0 Å². The zero-order chi connectivity index (χ0) is 42.7. The Balaban J connectivity index is 1.17. The summed E-state index contributed by atoms with van der Waals surface area (Å²) >= 11 is 0. The van der Waals surface area contributed by atoms with Gasteiger partial charge in [0.05, 0.1) is 18.1 Å². The second-order valence-corrected chi connectivity index (χ2v) is 20.5. The number of aliphatic carboxylic acids is 3. The first-order valence-corrected chi connectivity index (χ1v) is 20.9. The Morgan fingerprint density at radius 3 is 1.91 bits per heavy atom. The molecule has 5 aliphatic carbocycles. The first-order valence-electron chi connectivity index (χ1n) is 20.9. The summed E-state index contributed by atoms with van der Waals surface area (Å²) in [5, 5.41) is 94.4. The lowest BCUT2D eigenvalue weighted by Gasteiger charge is -2.71. The molecule has 7 rings (SSSR count). The molecule has 7 aliphatic rings. The molecule has 4 saturated carbocycles. The van der Waals surface area contributed by atoms with E-state index in [1.165, 1.54) is 5.57 Å². The predicted octanol–water partition coefficient (Wildman–Crippen LogP) is 2.04. The van der Waals surface area contributed by atoms with E-state index in [2.05, 4.69) is 33.8 Å². The molecule has 0 aromatic rings. The molecule has 0 amide bonds. The van der Waals surface area contributed by atoms with E-state index in [-0.39, 0.29) is 46.0 Å². The molecule has 16 nitrogen and oxygen atoms in total. The highest BCUT2D eigenvalue weighted by molar-refractivity contribution is 5.75. The summed E-state index contributed by atoms with van der Waals surface area (Å²) in [7, 11) is 0. The van der Waals surface area contributed by atoms with Crippen LogP contribution < -0.4 is 0 Å². The Hall–Kier alpha value is -2.25. The largest absolute Gasteiger partial charge is 0.481 e. The SMILES string of the molecule is C[C@]1(C(=O)O)CC[C@]2(C)CC[C@]3(C)C(=CC[C@@H]4[C@@]5(C)CC[C@H](O[C@@H]6O[C@H](C(=O)O)[C@@H](O)[C@H](O)[C@H]6O[C@@H]6O[C@H](C(=O)O)[C@@H](O)[C@H](O)[C@H]6O)[C@](C)(CO)[C@@H]5CC[C@]43C)[C@@H]2C1. The number of aliphatic hydroxyl groups excluding tert-OH is 6. The molecular weight excluding hydrogens is 760 g/mol. The number of ether oxygens (including phenoxy) is 4. The third-order valence-corrected chi connectivity index (χ3v) is 17.6. The van der Waals surface area contributed by atoms with Gasteiger partial charge in [-0.2, -0.15) is 0 Å². The first kappa shape index (κ1) is 43.8. The smallest absolute Gasteiger partial charge is 0.335 e. The molecule has 58 heavy (non-hydrogen) atoms. The van der Waals surface area contributed by atoms with Gasteiger partial charge in [0.1, 0.15) is 36.6 Å². The second kappa shape index (κ2) is 14.7. The van der Waals surface area contributed by atoms with Crippen LogP contribution in [-0.2, 0) is 33.3 Å². The van der Waals surface area contributed by atoms with E-state index in [0.29, 0.717) is 25.7 Å². The fourth-order valence-electron chi connectivity index (χ4n) is 13.6. The lowest BCUT2D eigenvalue weighted by molar-refractivity contribution is -0.372. The van der Waals surface area contributed by atoms with Gasteiger partial charge in [0.25, 0.3) is 0 Å². The Kier molecular flexibility index (Phi) is 11.1. The van der Waals surface area contributed by atoms with Gasteiger partial charge in [-0.1, -0.05) is 46.3 Å². The number of allylic oxidation sites excluding steroid dienone is 2. The Morgan fingerprint density at radius 2 is 1.31 bits per heavy atom. The minimum absolute atomic E-state index is 0.0434. The van der Waals surface area contributed by atoms with Crippen LogP contribution in [0.1, 0.15) is 106 Å². The number of hydrogen-bond donors (Lipinski definition) is 9. The number of carboxylic acid groups (broad SMARTS) is 3. The van der Waals surface area contributed by atoms with Gasteiger partial charge in [0, 0.05) is 5.41 Å². The average molecular weight is 825 g/mol. The highest BCUT2D eigenvalue weighted by Gasteiger charge is 2.69. The van der Waals surface area contributed by atoms with Crippen molar-refractivity contribution >= 4 is 17.9 Å². The lowest BCUT2D eigenvalue weighted by atomic mass is 9.33. The second-order valence-electron chi connectivity index (χ2n) is 20.5. The summed E-state index contributed by atoms with van der Waals surface area (Å²) in [6.45, 7) is 13.0. The molecule has 0 unspecified atom stereocenters. The van der Waals surface area contributed by atoms with Crippen LogP contribution >= 0.6 is 0 Å². The van der Waals surface area contributed by atoms with Crippen molar-refractivity contribution in [3.05, 3.63) is 11.6 Å². The normalized spacial score (nSPS) is 54.2. The Bertz CT molecular complexity index is 1670. The highest BCUT2D eigenvalue weighted by Crippen LogP contribution is 2.76. The summed E-state index contributed by atoms with van der Waals surface area (Å²) < 4.78 is 23.4. The Morgan fingerprint density at radius 1 is 0.707 bits per heavy atom. The maximum Gasteiger partial charge on any atom is 0.335 e. The number of carboxylic acids is 3. The maximum absolute atomic E-state index is 12.5. The van der Waals surface area contributed by atoms with Crippen molar-refractivity contribution in [3.8, 4) is 0 Å². The number of rotatable bonds is 8. The molecule has 20 atom stereocenters. The number of carbonyl (C=O) groups is 3. The average Bonchev–Trinajstić information content (AvgIpc) is 3.16. The maximum atomic E-state index is 12.5. The molecule has 2 aliphatic heterocycles. The summed E-state index contributed by atoms with van der Waals surface area (Å²) in [6.07, 6.45) is -10.4. The van der Waals surface area contributed by atoms with Crippen molar-refractivity contribution in [2.45, 2.75) is 173 Å². The number of hydrogen-bond acceptors (Lipinski definition) is 13. The predicted molar refractivity (Wildman–Crippen MR) is 200 cm³/mol. The molecule has 0 radical (unpaired) electrons. The van der Waals surface area contributed by atoms with Gasteiger partial charge in [-0.05, 0) is 111 Å². The fourth-order valence-corrected chi connectivity index (χ4v) is 13.6. The topological polar surface area (TPSA) is 270 Å². The van der Waals surface area contributed by atoms with Gasteiger partial charge in [0.2, 0.25) is 0 Å². The first-order chi connectivity index (χ1) is 26.9. The van der Waals surface area contributed by atoms with E-state index in [1.54, 1.807) is 0 Å². The quantitative estimate of drug-likeness (QED) is 0.125. The molecule has 0 aromatic heterocycles. The molecule has 0 bridgehead atoms. The van der Waals surface area contributed by atoms with Crippen molar-refractivity contribution in [2.24, 2.45) is 50.2 Å². The molecule has 16 heteroatoms. The zero-order valence-electron chi connectivity index (χ0n) is 34.3. The van der Waals surface area contributed by atoms with Crippen molar-refractivity contribution in [3.63, 3.8) is 0 Å². The minimum Gasteiger partial charge on any atom is -0.481 e. The third kappa shape index (κ3) is 6.33. The van der Waals surface area contributed by atoms with Gasteiger partial charge >= 0.3 is 17.9 Å².